The van der Waals surface area contributed by atoms with Gasteiger partial charge >= 0.3 is 0 Å². The van der Waals surface area contributed by atoms with Crippen LogP contribution in [0.1, 0.15) is 40.6 Å². The minimum absolute atomic E-state index is 0.0706. The average Bonchev–Trinajstić information content (AvgIpc) is 3.25. The van der Waals surface area contributed by atoms with Gasteiger partial charge in [-0.3, -0.25) is 19.3 Å². The largest absolute Gasteiger partial charge is 0.350 e. The summed E-state index contributed by atoms with van der Waals surface area (Å²) in [6.45, 7) is 6.57. The Bertz CT molecular complexity index is 1400. The first-order chi connectivity index (χ1) is 17.4. The van der Waals surface area contributed by atoms with Gasteiger partial charge in [-0.15, -0.1) is 0 Å². The van der Waals surface area contributed by atoms with E-state index in [4.69, 9.17) is 0 Å². The highest BCUT2D eigenvalue weighted by Gasteiger charge is 2.29. The third-order valence-corrected chi connectivity index (χ3v) is 6.64. The third-order valence-electron chi connectivity index (χ3n) is 6.64. The zero-order valence-corrected chi connectivity index (χ0v) is 20.5. The van der Waals surface area contributed by atoms with Crippen molar-refractivity contribution in [3.05, 3.63) is 94.5 Å². The highest BCUT2D eigenvalue weighted by atomic mass is 16.2. The molecular formula is C28H29N5O3. The number of Topliss-reactive ketones (excluding diaryl/α,β-unsaturated/α-hetero) is 1. The van der Waals surface area contributed by atoms with Crippen LogP contribution in [-0.4, -0.2) is 68.6 Å². The number of ketones is 1. The maximum absolute atomic E-state index is 13.7. The lowest BCUT2D eigenvalue weighted by Crippen LogP contribution is -2.50. The first kappa shape index (κ1) is 23.7. The Hall–Kier alpha value is -4.04. The van der Waals surface area contributed by atoms with E-state index in [1.807, 2.05) is 79.1 Å². The first-order valence-electron chi connectivity index (χ1n) is 12.2. The molecule has 1 amide bonds. The van der Waals surface area contributed by atoms with E-state index in [0.717, 1.165) is 0 Å². The monoisotopic (exact) mass is 483 g/mol. The van der Waals surface area contributed by atoms with Gasteiger partial charge in [0.1, 0.15) is 5.69 Å². The number of piperazine rings is 1. The van der Waals surface area contributed by atoms with Crippen molar-refractivity contribution < 1.29 is 9.59 Å². The summed E-state index contributed by atoms with van der Waals surface area (Å²) in [5.74, 6) is -0.0747. The number of fused-ring (bicyclic) bond motifs is 1. The molecule has 1 fully saturated rings. The Balaban J connectivity index is 1.38. The number of hydrogen-bond donors (Lipinski definition) is 0. The van der Waals surface area contributed by atoms with Gasteiger partial charge in [-0.2, -0.15) is 9.78 Å². The molecule has 0 unspecified atom stereocenters. The maximum atomic E-state index is 13.7. The predicted molar refractivity (Wildman–Crippen MR) is 138 cm³/mol. The van der Waals surface area contributed by atoms with Gasteiger partial charge < -0.3 is 9.47 Å². The molecule has 0 N–H and O–H groups in total. The Labute approximate surface area is 209 Å². The number of amides is 1. The zero-order valence-electron chi connectivity index (χ0n) is 20.5. The second-order valence-corrected chi connectivity index (χ2v) is 9.39. The lowest BCUT2D eigenvalue weighted by molar-refractivity contribution is 0.0624. The van der Waals surface area contributed by atoms with Crippen molar-refractivity contribution >= 4 is 11.7 Å². The van der Waals surface area contributed by atoms with Crippen LogP contribution in [0.2, 0.25) is 0 Å². The van der Waals surface area contributed by atoms with Crippen molar-refractivity contribution in [2.75, 3.05) is 32.7 Å². The second-order valence-electron chi connectivity index (χ2n) is 9.39. The normalized spacial score (nSPS) is 14.5. The average molecular weight is 484 g/mol. The Morgan fingerprint density at radius 2 is 1.53 bits per heavy atom. The van der Waals surface area contributed by atoms with Crippen LogP contribution < -0.4 is 5.56 Å². The van der Waals surface area contributed by atoms with Gasteiger partial charge in [0.15, 0.2) is 5.78 Å². The van der Waals surface area contributed by atoms with Crippen molar-refractivity contribution in [3.63, 3.8) is 0 Å². The summed E-state index contributed by atoms with van der Waals surface area (Å²) in [5.41, 5.74) is 2.36. The molecule has 0 aliphatic carbocycles. The molecule has 2 aromatic carbocycles. The number of para-hydroxylation sites is 1. The zero-order chi connectivity index (χ0) is 25.2. The Kier molecular flexibility index (Phi) is 6.52. The standard InChI is InChI=1S/C28H29N5O3/c1-20(2)32-17-23(26-24(18-32)28(36)33(29-26)22-11-7-4-8-12-22)27(35)31-15-13-30(14-16-31)19-25(34)21-9-5-3-6-10-21/h3-12,17-18,20H,13-16,19H2,1-2H3. The molecule has 0 saturated carbocycles. The van der Waals surface area contributed by atoms with E-state index < -0.39 is 0 Å². The molecule has 8 heteroatoms. The highest BCUT2D eigenvalue weighted by Crippen LogP contribution is 2.25. The fourth-order valence-electron chi connectivity index (χ4n) is 4.52. The van der Waals surface area contributed by atoms with E-state index in [1.165, 1.54) is 4.68 Å². The maximum Gasteiger partial charge on any atom is 0.282 e. The topological polar surface area (TPSA) is 80.4 Å². The van der Waals surface area contributed by atoms with Crippen LogP contribution >= 0.6 is 0 Å². The minimum Gasteiger partial charge on any atom is -0.350 e. The van der Waals surface area contributed by atoms with Gasteiger partial charge in [0.05, 0.1) is 23.4 Å². The molecule has 3 aliphatic rings. The third kappa shape index (κ3) is 4.59. The van der Waals surface area contributed by atoms with E-state index in [1.54, 1.807) is 17.3 Å². The van der Waals surface area contributed by atoms with Gasteiger partial charge in [0.25, 0.3) is 11.5 Å². The van der Waals surface area contributed by atoms with Crippen LogP contribution in [0.25, 0.3) is 16.9 Å². The fraction of sp³-hybridized carbons (Fsp3) is 0.286. The van der Waals surface area contributed by atoms with E-state index in [9.17, 15) is 14.4 Å². The lowest BCUT2D eigenvalue weighted by Gasteiger charge is -2.34. The highest BCUT2D eigenvalue weighted by molar-refractivity contribution is 6.00. The molecule has 184 valence electrons. The van der Waals surface area contributed by atoms with Crippen molar-refractivity contribution in [1.29, 1.82) is 0 Å². The molecule has 0 aromatic heterocycles. The Morgan fingerprint density at radius 1 is 0.889 bits per heavy atom. The van der Waals surface area contributed by atoms with Crippen LogP contribution in [0.3, 0.4) is 0 Å². The van der Waals surface area contributed by atoms with Gasteiger partial charge in [-0.1, -0.05) is 48.5 Å². The van der Waals surface area contributed by atoms with E-state index in [0.29, 0.717) is 60.8 Å². The molecule has 0 spiro atoms. The van der Waals surface area contributed by atoms with Gasteiger partial charge in [-0.05, 0) is 26.0 Å². The summed E-state index contributed by atoms with van der Waals surface area (Å²) in [4.78, 5) is 43.4. The van der Waals surface area contributed by atoms with Gasteiger partial charge in [0.2, 0.25) is 0 Å². The number of aromatic nitrogens is 3. The Morgan fingerprint density at radius 3 is 2.17 bits per heavy atom. The number of hydrogen-bond acceptors (Lipinski definition) is 5. The summed E-state index contributed by atoms with van der Waals surface area (Å²) >= 11 is 0. The molecule has 3 aliphatic heterocycles. The number of rotatable bonds is 6. The molecule has 0 radical (unpaired) electrons. The summed E-state index contributed by atoms with van der Waals surface area (Å²) in [6, 6.07) is 18.6. The van der Waals surface area contributed by atoms with Crippen LogP contribution in [0.4, 0.5) is 0 Å². The summed E-state index contributed by atoms with van der Waals surface area (Å²) in [5, 5.41) is 4.57. The molecule has 2 aromatic rings. The molecule has 0 atom stereocenters. The molecule has 5 rings (SSSR count). The number of pyridine rings is 1. The van der Waals surface area contributed by atoms with Gasteiger partial charge in [0, 0.05) is 50.2 Å². The van der Waals surface area contributed by atoms with Crippen molar-refractivity contribution in [1.82, 2.24) is 24.1 Å². The van der Waals surface area contributed by atoms with Crippen molar-refractivity contribution in [3.8, 4) is 16.9 Å². The van der Waals surface area contributed by atoms with Crippen LogP contribution in [-0.2, 0) is 0 Å². The summed E-state index contributed by atoms with van der Waals surface area (Å²) < 4.78 is 3.25. The number of carbonyl (C=O) groups is 2. The summed E-state index contributed by atoms with van der Waals surface area (Å²) in [7, 11) is 0. The molecule has 1 saturated heterocycles. The molecule has 0 bridgehead atoms. The molecule has 3 heterocycles. The minimum atomic E-state index is -0.246. The van der Waals surface area contributed by atoms with Crippen LogP contribution in [0, 0.1) is 0 Å². The molecule has 36 heavy (non-hydrogen) atoms. The van der Waals surface area contributed by atoms with Crippen LogP contribution in [0.5, 0.6) is 0 Å². The number of carbonyl (C=O) groups excluding carboxylic acids is 2. The molecule has 8 nitrogen and oxygen atoms in total. The molecular weight excluding hydrogens is 454 g/mol. The van der Waals surface area contributed by atoms with Crippen LogP contribution in [0.15, 0.2) is 77.9 Å². The fourth-order valence-corrected chi connectivity index (χ4v) is 4.52. The lowest BCUT2D eigenvalue weighted by atomic mass is 10.1. The van der Waals surface area contributed by atoms with Gasteiger partial charge in [-0.25, -0.2) is 0 Å². The van der Waals surface area contributed by atoms with E-state index >= 15 is 0 Å². The quantitative estimate of drug-likeness (QED) is 0.393. The first-order valence-corrected chi connectivity index (χ1v) is 12.2. The predicted octanol–water partition coefficient (Wildman–Crippen LogP) is 3.36. The smallest absolute Gasteiger partial charge is 0.282 e. The second kappa shape index (κ2) is 9.91. The SMILES string of the molecule is CC(C)n1cc(C(=O)N2CCN(CC(=O)c3ccccc3)CC2)c2nn(-c3ccccc3)c(=O)c-2c1. The van der Waals surface area contributed by atoms with Crippen molar-refractivity contribution in [2.24, 2.45) is 0 Å². The number of benzene rings is 2. The van der Waals surface area contributed by atoms with Crippen molar-refractivity contribution in [2.45, 2.75) is 19.9 Å². The summed E-state index contributed by atoms with van der Waals surface area (Å²) in [6.07, 6.45) is 3.57. The van der Waals surface area contributed by atoms with E-state index in [-0.39, 0.29) is 23.3 Å². The number of nitrogens with zero attached hydrogens (tertiary/aromatic N) is 5. The van der Waals surface area contributed by atoms with E-state index in [2.05, 4.69) is 10.00 Å².